The Kier molecular flexibility index (Phi) is 14.1. The van der Waals surface area contributed by atoms with E-state index in [1.165, 1.54) is 0 Å². The molecule has 0 aromatic heterocycles. The number of nitrogens with zero attached hydrogens (tertiary/aromatic N) is 9. The van der Waals surface area contributed by atoms with E-state index in [0.717, 1.165) is 17.8 Å². The summed E-state index contributed by atoms with van der Waals surface area (Å²) < 4.78 is 22.2. The first kappa shape index (κ1) is 37.4. The minimum absolute atomic E-state index is 0.177. The van der Waals surface area contributed by atoms with Crippen LogP contribution in [0.2, 0.25) is 17.8 Å². The van der Waals surface area contributed by atoms with Gasteiger partial charge in [0.25, 0.3) is 46.6 Å². The Morgan fingerprint density at radius 1 is 0.308 bits per heavy atom. The molecule has 1 aliphatic heterocycles. The van der Waals surface area contributed by atoms with Crippen LogP contribution in [0.15, 0.2) is 0 Å². The molecule has 0 bridgehead atoms. The lowest BCUT2D eigenvalue weighted by Gasteiger charge is -2.52. The van der Waals surface area contributed by atoms with Crippen molar-refractivity contribution < 1.29 is 0 Å². The first-order valence-corrected chi connectivity index (χ1v) is 20.2. The summed E-state index contributed by atoms with van der Waals surface area (Å²) in [5.74, 6) is 3.11. The van der Waals surface area contributed by atoms with E-state index in [9.17, 15) is 0 Å². The van der Waals surface area contributed by atoms with Crippen LogP contribution in [-0.4, -0.2) is 215 Å². The summed E-state index contributed by atoms with van der Waals surface area (Å²) in [6.45, 7) is 0.532. The van der Waals surface area contributed by atoms with E-state index in [1.54, 1.807) is 0 Å². The summed E-state index contributed by atoms with van der Waals surface area (Å²) in [7, 11) is 34.0. The summed E-state index contributed by atoms with van der Waals surface area (Å²) in [5, 5.41) is 12.2. The SMILES string of the molecule is CN(C)[Si](CB1NB(C[Si](N(C)C)(N(C)C)N(C)C)NB(C[Si](N(C)C)(N(C)C)N(C)C)N1)(N(C)C)N(C)C. The van der Waals surface area contributed by atoms with Crippen molar-refractivity contribution >= 4 is 46.6 Å². The van der Waals surface area contributed by atoms with Crippen LogP contribution < -0.4 is 15.4 Å². The fourth-order valence-electron chi connectivity index (χ4n) is 7.29. The molecule has 0 radical (unpaired) electrons. The van der Waals surface area contributed by atoms with Crippen molar-refractivity contribution in [3.8, 4) is 0 Å². The number of hydrogen-bond donors (Lipinski definition) is 3. The predicted octanol–water partition coefficient (Wildman–Crippen LogP) is -2.28. The van der Waals surface area contributed by atoms with Crippen molar-refractivity contribution in [2.24, 2.45) is 0 Å². The van der Waals surface area contributed by atoms with Crippen LogP contribution in [0.4, 0.5) is 0 Å². The highest BCUT2D eigenvalue weighted by Crippen LogP contribution is 2.24. The molecule has 1 heterocycles. The lowest BCUT2D eigenvalue weighted by molar-refractivity contribution is 0.381. The van der Waals surface area contributed by atoms with Crippen molar-refractivity contribution in [3.63, 3.8) is 0 Å². The van der Waals surface area contributed by atoms with Gasteiger partial charge in [-0.05, 0) is 145 Å². The van der Waals surface area contributed by atoms with E-state index in [-0.39, 0.29) is 20.9 Å². The van der Waals surface area contributed by atoms with Crippen LogP contribution in [0.3, 0.4) is 0 Å². The van der Waals surface area contributed by atoms with Crippen LogP contribution in [0.1, 0.15) is 0 Å². The third-order valence-electron chi connectivity index (χ3n) is 9.09. The number of hydrogen-bond acceptors (Lipinski definition) is 12. The Hall–Kier alpha value is 0.365. The minimum atomic E-state index is -2.11. The third-order valence-corrected chi connectivity index (χ3v) is 24.8. The quantitative estimate of drug-likeness (QED) is 0.178. The molecule has 1 fully saturated rings. The van der Waals surface area contributed by atoms with E-state index >= 15 is 0 Å². The maximum absolute atomic E-state index is 4.06. The molecule has 0 unspecified atom stereocenters. The average Bonchev–Trinajstić information content (AvgIpc) is 2.77. The van der Waals surface area contributed by atoms with Gasteiger partial charge in [0.1, 0.15) is 0 Å². The zero-order chi connectivity index (χ0) is 30.7. The summed E-state index contributed by atoms with van der Waals surface area (Å²) in [6.07, 6.45) is 0. The second-order valence-corrected chi connectivity index (χ2v) is 27.1. The molecule has 1 aliphatic rings. The second-order valence-electron chi connectivity index (χ2n) is 13.1. The molecule has 0 aliphatic carbocycles. The number of nitrogens with one attached hydrogen (secondary N) is 3. The largest absolute Gasteiger partial charge is 0.372 e. The van der Waals surface area contributed by atoms with Gasteiger partial charge in [0.05, 0.1) is 0 Å². The van der Waals surface area contributed by atoms with Crippen LogP contribution in [-0.2, 0) is 0 Å². The maximum atomic E-state index is 4.06. The molecule has 1 saturated heterocycles. The van der Waals surface area contributed by atoms with Crippen molar-refractivity contribution in [2.45, 2.75) is 17.8 Å². The van der Waals surface area contributed by atoms with E-state index in [0.29, 0.717) is 0 Å². The Labute approximate surface area is 247 Å². The highest BCUT2D eigenvalue weighted by Gasteiger charge is 2.54. The van der Waals surface area contributed by atoms with Crippen molar-refractivity contribution in [1.82, 2.24) is 56.5 Å². The average molecular weight is 601 g/mol. The zero-order valence-electron chi connectivity index (χ0n) is 28.9. The molecule has 0 saturated carbocycles. The van der Waals surface area contributed by atoms with Gasteiger partial charge in [-0.3, -0.25) is 0 Å². The van der Waals surface area contributed by atoms with Gasteiger partial charge in [0.15, 0.2) is 0 Å². The topological polar surface area (TPSA) is 65.3 Å². The lowest BCUT2D eigenvalue weighted by Crippen LogP contribution is -2.84. The molecule has 0 aromatic carbocycles. The first-order chi connectivity index (χ1) is 17.7. The van der Waals surface area contributed by atoms with Crippen molar-refractivity contribution in [3.05, 3.63) is 0 Å². The highest BCUT2D eigenvalue weighted by molar-refractivity contribution is 6.99. The standard InChI is InChI=1S/C21H63B3N12Si3/c1-28(2)37(29(3)4,30(5)6)19-22-25-23(20-38(31(7)8,32(9)10)33(11)12)27-24(26-22)21-39(34(13)14,35(15)16)36(17)18/h25-27H,19-21H2,1-18H3. The molecule has 3 N–H and O–H groups in total. The third kappa shape index (κ3) is 7.66. The van der Waals surface area contributed by atoms with Gasteiger partial charge in [-0.2, -0.15) is 0 Å². The summed E-state index contributed by atoms with van der Waals surface area (Å²) in [5.41, 5.74) is 0. The Bertz CT molecular complexity index is 580. The van der Waals surface area contributed by atoms with Gasteiger partial charge in [0, 0.05) is 0 Å². The van der Waals surface area contributed by atoms with Gasteiger partial charge in [-0.25, -0.2) is 0 Å². The second kappa shape index (κ2) is 14.7. The Morgan fingerprint density at radius 2 is 0.436 bits per heavy atom. The van der Waals surface area contributed by atoms with E-state index in [1.807, 2.05) is 0 Å². The molecule has 228 valence electrons. The van der Waals surface area contributed by atoms with Gasteiger partial charge in [0.2, 0.25) is 0 Å². The first-order valence-electron chi connectivity index (χ1n) is 14.1. The summed E-state index contributed by atoms with van der Waals surface area (Å²) >= 11 is 0. The fourth-order valence-corrected chi connectivity index (χ4v) is 20.1. The van der Waals surface area contributed by atoms with Crippen LogP contribution in [0, 0.1) is 0 Å². The lowest BCUT2D eigenvalue weighted by atomic mass is 9.51. The van der Waals surface area contributed by atoms with E-state index in [4.69, 9.17) is 0 Å². The molecular weight excluding hydrogens is 537 g/mol. The predicted molar refractivity (Wildman–Crippen MR) is 182 cm³/mol. The van der Waals surface area contributed by atoms with Gasteiger partial charge in [-0.1, -0.05) is 0 Å². The Balaban J connectivity index is 3.60. The molecule has 18 heteroatoms. The molecule has 39 heavy (non-hydrogen) atoms. The summed E-state index contributed by atoms with van der Waals surface area (Å²) in [4.78, 5) is 0. The molecule has 0 aromatic rings. The van der Waals surface area contributed by atoms with Crippen LogP contribution >= 0.6 is 0 Å². The van der Waals surface area contributed by atoms with Crippen LogP contribution in [0.5, 0.6) is 0 Å². The zero-order valence-corrected chi connectivity index (χ0v) is 31.9. The molecule has 12 nitrogen and oxygen atoms in total. The molecule has 1 rings (SSSR count). The molecular formula is C21H63B3N12Si3. The van der Waals surface area contributed by atoms with Gasteiger partial charge >= 0.3 is 0 Å². The van der Waals surface area contributed by atoms with Crippen LogP contribution in [0.25, 0.3) is 0 Å². The maximum Gasteiger partial charge on any atom is 0.285 e. The monoisotopic (exact) mass is 600 g/mol. The van der Waals surface area contributed by atoms with E-state index in [2.05, 4.69) is 183 Å². The minimum Gasteiger partial charge on any atom is -0.372 e. The smallest absolute Gasteiger partial charge is 0.285 e. The highest BCUT2D eigenvalue weighted by atomic mass is 28.4. The van der Waals surface area contributed by atoms with Gasteiger partial charge in [-0.15, -0.1) is 0 Å². The fraction of sp³-hybridized carbons (Fsp3) is 1.00. The molecule has 0 amide bonds. The normalized spacial score (nSPS) is 16.8. The molecule has 0 spiro atoms. The van der Waals surface area contributed by atoms with Crippen molar-refractivity contribution in [2.75, 3.05) is 127 Å². The van der Waals surface area contributed by atoms with Gasteiger partial charge < -0.3 is 56.5 Å². The molecule has 0 atom stereocenters. The summed E-state index contributed by atoms with van der Waals surface area (Å²) in [6, 6.07) is 0. The Morgan fingerprint density at radius 3 is 0.538 bits per heavy atom. The van der Waals surface area contributed by atoms with E-state index < -0.39 is 25.7 Å². The number of rotatable bonds is 15. The van der Waals surface area contributed by atoms with Crippen molar-refractivity contribution in [1.29, 1.82) is 0 Å².